The predicted octanol–water partition coefficient (Wildman–Crippen LogP) is 0.999. The Morgan fingerprint density at radius 2 is 1.93 bits per heavy atom. The number of rotatable bonds is 3. The van der Waals surface area contributed by atoms with Crippen LogP contribution < -0.4 is 5.73 Å². The van der Waals surface area contributed by atoms with Gasteiger partial charge in [0.15, 0.2) is 0 Å². The van der Waals surface area contributed by atoms with Crippen molar-refractivity contribution in [1.82, 2.24) is 4.90 Å². The van der Waals surface area contributed by atoms with Crippen LogP contribution in [-0.4, -0.2) is 35.6 Å². The van der Waals surface area contributed by atoms with Crippen LogP contribution in [-0.2, 0) is 0 Å². The van der Waals surface area contributed by atoms with Crippen molar-refractivity contribution < 1.29 is 5.21 Å². The quantitative estimate of drug-likeness (QED) is 0.307. The van der Waals surface area contributed by atoms with Crippen molar-refractivity contribution in [3.63, 3.8) is 0 Å². The van der Waals surface area contributed by atoms with E-state index in [1.54, 1.807) is 0 Å². The minimum atomic E-state index is -0.0187. The highest BCUT2D eigenvalue weighted by Crippen LogP contribution is 2.39. The van der Waals surface area contributed by atoms with Gasteiger partial charge in [0.1, 0.15) is 5.84 Å². The summed E-state index contributed by atoms with van der Waals surface area (Å²) in [5.41, 5.74) is 5.79. The van der Waals surface area contributed by atoms with Crippen LogP contribution in [0.5, 0.6) is 0 Å². The fraction of sp³-hybridized carbons (Fsp3) is 0.900. The van der Waals surface area contributed by atoms with Crippen molar-refractivity contribution in [2.75, 3.05) is 19.6 Å². The van der Waals surface area contributed by atoms with E-state index in [0.29, 0.717) is 5.84 Å². The van der Waals surface area contributed by atoms with E-state index in [0.717, 1.165) is 19.4 Å². The summed E-state index contributed by atoms with van der Waals surface area (Å²) >= 11 is 0. The first-order valence-corrected chi connectivity index (χ1v) is 5.47. The van der Waals surface area contributed by atoms with Gasteiger partial charge in [0.25, 0.3) is 0 Å². The normalized spacial score (nSPS) is 27.6. The van der Waals surface area contributed by atoms with E-state index >= 15 is 0 Å². The number of hydrogen-bond acceptors (Lipinski definition) is 3. The lowest BCUT2D eigenvalue weighted by atomic mass is 9.83. The van der Waals surface area contributed by atoms with E-state index in [4.69, 9.17) is 10.9 Å². The molecule has 0 atom stereocenters. The van der Waals surface area contributed by atoms with Crippen molar-refractivity contribution in [3.8, 4) is 0 Å². The average Bonchev–Trinajstić information content (AvgIpc) is 2.60. The third kappa shape index (κ3) is 1.59. The fourth-order valence-corrected chi connectivity index (χ4v) is 2.62. The SMILES string of the molecule is N/C(=N\O)C1(CN2CCC2)CCCC1. The molecule has 1 heterocycles. The summed E-state index contributed by atoms with van der Waals surface area (Å²) < 4.78 is 0. The third-order valence-electron chi connectivity index (χ3n) is 3.69. The van der Waals surface area contributed by atoms with Gasteiger partial charge in [-0.15, -0.1) is 0 Å². The number of oxime groups is 1. The molecule has 14 heavy (non-hydrogen) atoms. The second-order valence-electron chi connectivity index (χ2n) is 4.60. The minimum Gasteiger partial charge on any atom is -0.409 e. The Hall–Kier alpha value is -0.770. The highest BCUT2D eigenvalue weighted by Gasteiger charge is 2.40. The van der Waals surface area contributed by atoms with E-state index in [2.05, 4.69) is 10.1 Å². The van der Waals surface area contributed by atoms with Gasteiger partial charge in [-0.25, -0.2) is 0 Å². The maximum absolute atomic E-state index is 8.81. The Kier molecular flexibility index (Phi) is 2.63. The van der Waals surface area contributed by atoms with Gasteiger partial charge < -0.3 is 15.8 Å². The van der Waals surface area contributed by atoms with Crippen LogP contribution in [0.25, 0.3) is 0 Å². The predicted molar refractivity (Wildman–Crippen MR) is 55.4 cm³/mol. The molecule has 0 bridgehead atoms. The van der Waals surface area contributed by atoms with Crippen LogP contribution in [0.4, 0.5) is 0 Å². The fourth-order valence-electron chi connectivity index (χ4n) is 2.62. The molecule has 2 rings (SSSR count). The monoisotopic (exact) mass is 197 g/mol. The molecule has 0 spiro atoms. The van der Waals surface area contributed by atoms with E-state index in [-0.39, 0.29) is 5.41 Å². The first kappa shape index (κ1) is 9.77. The second kappa shape index (κ2) is 3.77. The van der Waals surface area contributed by atoms with Crippen LogP contribution in [0.1, 0.15) is 32.1 Å². The molecule has 3 N–H and O–H groups in total. The number of nitrogens with zero attached hydrogens (tertiary/aromatic N) is 2. The van der Waals surface area contributed by atoms with Crippen LogP contribution in [0, 0.1) is 5.41 Å². The molecule has 1 aliphatic heterocycles. The van der Waals surface area contributed by atoms with Gasteiger partial charge in [0.2, 0.25) is 0 Å². The summed E-state index contributed by atoms with van der Waals surface area (Å²) in [5.74, 6) is 0.446. The van der Waals surface area contributed by atoms with Gasteiger partial charge in [0, 0.05) is 12.0 Å². The van der Waals surface area contributed by atoms with Gasteiger partial charge in [-0.1, -0.05) is 18.0 Å². The van der Waals surface area contributed by atoms with Crippen molar-refractivity contribution in [1.29, 1.82) is 0 Å². The molecule has 0 aromatic carbocycles. The average molecular weight is 197 g/mol. The zero-order valence-corrected chi connectivity index (χ0v) is 8.58. The van der Waals surface area contributed by atoms with Crippen molar-refractivity contribution in [3.05, 3.63) is 0 Å². The summed E-state index contributed by atoms with van der Waals surface area (Å²) in [6, 6.07) is 0. The summed E-state index contributed by atoms with van der Waals surface area (Å²) in [4.78, 5) is 2.41. The molecule has 0 aromatic rings. The number of amidine groups is 1. The van der Waals surface area contributed by atoms with Crippen LogP contribution in [0.15, 0.2) is 5.16 Å². The molecule has 80 valence electrons. The highest BCUT2D eigenvalue weighted by atomic mass is 16.4. The van der Waals surface area contributed by atoms with Crippen LogP contribution >= 0.6 is 0 Å². The largest absolute Gasteiger partial charge is 0.409 e. The molecule has 0 amide bonds. The Bertz CT molecular complexity index is 230. The molecule has 1 saturated heterocycles. The van der Waals surface area contributed by atoms with Gasteiger partial charge in [-0.2, -0.15) is 0 Å². The standard InChI is InChI=1S/C10H19N3O/c11-9(12-14)10(4-1-2-5-10)8-13-6-3-7-13/h14H,1-8H2,(H2,11,12). The lowest BCUT2D eigenvalue weighted by Crippen LogP contribution is -2.49. The summed E-state index contributed by atoms with van der Waals surface area (Å²) in [5, 5.41) is 12.0. The van der Waals surface area contributed by atoms with Crippen molar-refractivity contribution in [2.45, 2.75) is 32.1 Å². The first-order valence-electron chi connectivity index (χ1n) is 5.47. The van der Waals surface area contributed by atoms with Crippen LogP contribution in [0.3, 0.4) is 0 Å². The Morgan fingerprint density at radius 1 is 1.29 bits per heavy atom. The second-order valence-corrected chi connectivity index (χ2v) is 4.60. The van der Waals surface area contributed by atoms with E-state index in [1.807, 2.05) is 0 Å². The van der Waals surface area contributed by atoms with E-state index in [9.17, 15) is 0 Å². The highest BCUT2D eigenvalue weighted by molar-refractivity contribution is 5.86. The molecule has 4 nitrogen and oxygen atoms in total. The molecule has 1 saturated carbocycles. The molecular formula is C10H19N3O. The zero-order chi connectivity index (χ0) is 10.0. The van der Waals surface area contributed by atoms with Gasteiger partial charge in [0.05, 0.1) is 0 Å². The van der Waals surface area contributed by atoms with Gasteiger partial charge in [-0.3, -0.25) is 0 Å². The lowest BCUT2D eigenvalue weighted by molar-refractivity contribution is 0.130. The molecule has 0 aromatic heterocycles. The zero-order valence-electron chi connectivity index (χ0n) is 8.58. The third-order valence-corrected chi connectivity index (χ3v) is 3.69. The van der Waals surface area contributed by atoms with Gasteiger partial charge in [-0.05, 0) is 32.4 Å². The molecule has 1 aliphatic carbocycles. The Morgan fingerprint density at radius 3 is 2.36 bits per heavy atom. The summed E-state index contributed by atoms with van der Waals surface area (Å²) in [6.45, 7) is 3.35. The number of nitrogens with two attached hydrogens (primary N) is 1. The number of likely N-dealkylation sites (tertiary alicyclic amines) is 1. The first-order chi connectivity index (χ1) is 6.77. The molecule has 2 fully saturated rings. The van der Waals surface area contributed by atoms with E-state index in [1.165, 1.54) is 32.4 Å². The molecule has 0 radical (unpaired) electrons. The summed E-state index contributed by atoms with van der Waals surface area (Å²) in [6.07, 6.45) is 5.89. The minimum absolute atomic E-state index is 0.0187. The maximum Gasteiger partial charge on any atom is 0.146 e. The molecule has 4 heteroatoms. The van der Waals surface area contributed by atoms with Gasteiger partial charge >= 0.3 is 0 Å². The lowest BCUT2D eigenvalue weighted by Gasteiger charge is -2.39. The maximum atomic E-state index is 8.81. The van der Waals surface area contributed by atoms with Crippen LogP contribution in [0.2, 0.25) is 0 Å². The van der Waals surface area contributed by atoms with E-state index < -0.39 is 0 Å². The van der Waals surface area contributed by atoms with Crippen molar-refractivity contribution in [2.24, 2.45) is 16.3 Å². The summed E-state index contributed by atoms with van der Waals surface area (Å²) in [7, 11) is 0. The molecule has 0 unspecified atom stereocenters. The Balaban J connectivity index is 2.04. The topological polar surface area (TPSA) is 61.9 Å². The van der Waals surface area contributed by atoms with Crippen molar-refractivity contribution >= 4 is 5.84 Å². The Labute approximate surface area is 84.8 Å². The molecule has 2 aliphatic rings. The molecular weight excluding hydrogens is 178 g/mol. The number of hydrogen-bond donors (Lipinski definition) is 2. The smallest absolute Gasteiger partial charge is 0.146 e.